The van der Waals surface area contributed by atoms with E-state index in [0.29, 0.717) is 5.69 Å². The molecular formula is C16H13BrN2O. The van der Waals surface area contributed by atoms with Crippen LogP contribution in [-0.4, -0.2) is 17.9 Å². The van der Waals surface area contributed by atoms with Crippen molar-refractivity contribution in [3.63, 3.8) is 0 Å². The molecule has 3 aromatic rings. The van der Waals surface area contributed by atoms with Gasteiger partial charge in [0.25, 0.3) is 5.91 Å². The van der Waals surface area contributed by atoms with Crippen LogP contribution in [0.3, 0.4) is 0 Å². The number of rotatable bonds is 2. The number of para-hydroxylation sites is 1. The van der Waals surface area contributed by atoms with Gasteiger partial charge in [-0.05, 0) is 30.3 Å². The Morgan fingerprint density at radius 2 is 1.85 bits per heavy atom. The summed E-state index contributed by atoms with van der Waals surface area (Å²) in [5, 5.41) is 1.03. The number of nitrogens with one attached hydrogen (secondary N) is 1. The number of aromatic nitrogens is 1. The van der Waals surface area contributed by atoms with Crippen LogP contribution in [0.1, 0.15) is 10.5 Å². The molecule has 0 atom stereocenters. The van der Waals surface area contributed by atoms with Crippen LogP contribution in [0.25, 0.3) is 10.9 Å². The van der Waals surface area contributed by atoms with Crippen molar-refractivity contribution in [2.75, 3.05) is 11.9 Å². The first kappa shape index (κ1) is 12.9. The molecule has 0 bridgehead atoms. The molecular weight excluding hydrogens is 316 g/mol. The van der Waals surface area contributed by atoms with Crippen LogP contribution >= 0.6 is 15.9 Å². The molecule has 1 amide bonds. The van der Waals surface area contributed by atoms with E-state index in [1.54, 1.807) is 11.9 Å². The third-order valence-corrected chi connectivity index (χ3v) is 3.76. The highest BCUT2D eigenvalue weighted by Crippen LogP contribution is 2.22. The number of hydrogen-bond acceptors (Lipinski definition) is 1. The summed E-state index contributed by atoms with van der Waals surface area (Å²) < 4.78 is 0.988. The molecule has 2 aromatic carbocycles. The Balaban J connectivity index is 1.96. The van der Waals surface area contributed by atoms with Gasteiger partial charge in [0.2, 0.25) is 0 Å². The van der Waals surface area contributed by atoms with E-state index in [4.69, 9.17) is 0 Å². The third-order valence-electron chi connectivity index (χ3n) is 3.26. The van der Waals surface area contributed by atoms with Crippen molar-refractivity contribution >= 4 is 38.4 Å². The van der Waals surface area contributed by atoms with Crippen molar-refractivity contribution in [2.45, 2.75) is 0 Å². The normalized spacial score (nSPS) is 10.7. The van der Waals surface area contributed by atoms with Crippen molar-refractivity contribution < 1.29 is 4.79 Å². The molecule has 0 aliphatic carbocycles. The lowest BCUT2D eigenvalue weighted by atomic mass is 10.2. The van der Waals surface area contributed by atoms with Gasteiger partial charge in [0.15, 0.2) is 0 Å². The molecule has 0 fully saturated rings. The van der Waals surface area contributed by atoms with Gasteiger partial charge in [-0.1, -0.05) is 40.2 Å². The van der Waals surface area contributed by atoms with Gasteiger partial charge in [0.1, 0.15) is 5.69 Å². The highest BCUT2D eigenvalue weighted by atomic mass is 79.9. The number of H-pyrrole nitrogens is 1. The highest BCUT2D eigenvalue weighted by Gasteiger charge is 2.15. The Morgan fingerprint density at radius 1 is 1.10 bits per heavy atom. The number of halogens is 1. The summed E-state index contributed by atoms with van der Waals surface area (Å²) in [6, 6.07) is 17.4. The summed E-state index contributed by atoms with van der Waals surface area (Å²) in [5.41, 5.74) is 2.41. The van der Waals surface area contributed by atoms with E-state index < -0.39 is 0 Å². The van der Waals surface area contributed by atoms with Crippen molar-refractivity contribution in [2.24, 2.45) is 0 Å². The Hall–Kier alpha value is -2.07. The van der Waals surface area contributed by atoms with E-state index >= 15 is 0 Å². The van der Waals surface area contributed by atoms with Crippen molar-refractivity contribution in [3.05, 3.63) is 64.8 Å². The van der Waals surface area contributed by atoms with Gasteiger partial charge >= 0.3 is 0 Å². The third kappa shape index (κ3) is 2.34. The lowest BCUT2D eigenvalue weighted by molar-refractivity contribution is 0.0989. The van der Waals surface area contributed by atoms with Gasteiger partial charge < -0.3 is 9.88 Å². The Morgan fingerprint density at radius 3 is 2.60 bits per heavy atom. The molecule has 3 nitrogen and oxygen atoms in total. The van der Waals surface area contributed by atoms with E-state index in [-0.39, 0.29) is 5.91 Å². The van der Waals surface area contributed by atoms with Crippen LogP contribution in [0.5, 0.6) is 0 Å². The molecule has 3 rings (SSSR count). The van der Waals surface area contributed by atoms with E-state index in [2.05, 4.69) is 20.9 Å². The molecule has 0 unspecified atom stereocenters. The summed E-state index contributed by atoms with van der Waals surface area (Å²) in [5.74, 6) is -0.0523. The zero-order valence-corrected chi connectivity index (χ0v) is 12.5. The molecule has 20 heavy (non-hydrogen) atoms. The Labute approximate surface area is 125 Å². The SMILES string of the molecule is CN(C(=O)c1cc2ccc(Br)cc2[nH]1)c1ccccc1. The van der Waals surface area contributed by atoms with Crippen LogP contribution in [0.15, 0.2) is 59.1 Å². The smallest absolute Gasteiger partial charge is 0.274 e. The van der Waals surface area contributed by atoms with Crippen LogP contribution in [0, 0.1) is 0 Å². The average molecular weight is 329 g/mol. The predicted molar refractivity (Wildman–Crippen MR) is 85.2 cm³/mol. The molecule has 1 heterocycles. The maximum absolute atomic E-state index is 12.5. The van der Waals surface area contributed by atoms with Gasteiger partial charge in [-0.15, -0.1) is 0 Å². The van der Waals surface area contributed by atoms with E-state index in [9.17, 15) is 4.79 Å². The van der Waals surface area contributed by atoms with Crippen molar-refractivity contribution in [1.29, 1.82) is 0 Å². The number of hydrogen-bond donors (Lipinski definition) is 1. The fraction of sp³-hybridized carbons (Fsp3) is 0.0625. The molecule has 0 saturated carbocycles. The number of carbonyl (C=O) groups excluding carboxylic acids is 1. The van der Waals surface area contributed by atoms with Gasteiger partial charge in [0, 0.05) is 28.1 Å². The minimum absolute atomic E-state index is 0.0523. The van der Waals surface area contributed by atoms with Gasteiger partial charge in [0.05, 0.1) is 0 Å². The second-order valence-corrected chi connectivity index (χ2v) is 5.53. The summed E-state index contributed by atoms with van der Waals surface area (Å²) in [7, 11) is 1.78. The minimum atomic E-state index is -0.0523. The van der Waals surface area contributed by atoms with E-state index in [0.717, 1.165) is 21.1 Å². The number of aromatic amines is 1. The first-order valence-electron chi connectivity index (χ1n) is 6.26. The van der Waals surface area contributed by atoms with Crippen molar-refractivity contribution in [3.8, 4) is 0 Å². The topological polar surface area (TPSA) is 36.1 Å². The fourth-order valence-corrected chi connectivity index (χ4v) is 2.53. The van der Waals surface area contributed by atoms with Crippen molar-refractivity contribution in [1.82, 2.24) is 4.98 Å². The number of anilines is 1. The number of carbonyl (C=O) groups is 1. The van der Waals surface area contributed by atoms with Crippen LogP contribution in [-0.2, 0) is 0 Å². The maximum Gasteiger partial charge on any atom is 0.274 e. The van der Waals surface area contributed by atoms with Gasteiger partial charge in [-0.3, -0.25) is 4.79 Å². The largest absolute Gasteiger partial charge is 0.350 e. The quantitative estimate of drug-likeness (QED) is 0.751. The van der Waals surface area contributed by atoms with E-state index in [1.807, 2.05) is 54.6 Å². The summed E-state index contributed by atoms with van der Waals surface area (Å²) in [6.07, 6.45) is 0. The van der Waals surface area contributed by atoms with Crippen LogP contribution < -0.4 is 4.90 Å². The number of amides is 1. The van der Waals surface area contributed by atoms with Gasteiger partial charge in [-0.25, -0.2) is 0 Å². The number of nitrogens with zero attached hydrogens (tertiary/aromatic N) is 1. The number of fused-ring (bicyclic) bond motifs is 1. The standard InChI is InChI=1S/C16H13BrN2O/c1-19(13-5-3-2-4-6-13)16(20)15-9-11-7-8-12(17)10-14(11)18-15/h2-10,18H,1H3. The molecule has 1 N–H and O–H groups in total. The zero-order chi connectivity index (χ0) is 14.1. The molecule has 0 spiro atoms. The molecule has 0 saturated heterocycles. The van der Waals surface area contributed by atoms with Crippen LogP contribution in [0.2, 0.25) is 0 Å². The predicted octanol–water partition coefficient (Wildman–Crippen LogP) is 4.21. The average Bonchev–Trinajstić information content (AvgIpc) is 2.89. The first-order chi connectivity index (χ1) is 9.65. The second-order valence-electron chi connectivity index (χ2n) is 4.61. The lowest BCUT2D eigenvalue weighted by Gasteiger charge is -2.16. The summed E-state index contributed by atoms with van der Waals surface area (Å²) in [6.45, 7) is 0. The summed E-state index contributed by atoms with van der Waals surface area (Å²) >= 11 is 3.43. The monoisotopic (exact) mass is 328 g/mol. The molecule has 4 heteroatoms. The summed E-state index contributed by atoms with van der Waals surface area (Å²) in [4.78, 5) is 17.3. The molecule has 1 aromatic heterocycles. The Kier molecular flexibility index (Phi) is 3.32. The van der Waals surface area contributed by atoms with Gasteiger partial charge in [-0.2, -0.15) is 0 Å². The van der Waals surface area contributed by atoms with E-state index in [1.165, 1.54) is 0 Å². The number of benzene rings is 2. The minimum Gasteiger partial charge on any atom is -0.350 e. The second kappa shape index (κ2) is 5.13. The Bertz CT molecular complexity index is 765. The highest BCUT2D eigenvalue weighted by molar-refractivity contribution is 9.10. The molecule has 0 radical (unpaired) electrons. The molecule has 100 valence electrons. The lowest BCUT2D eigenvalue weighted by Crippen LogP contribution is -2.26. The maximum atomic E-state index is 12.5. The van der Waals surface area contributed by atoms with Crippen LogP contribution in [0.4, 0.5) is 5.69 Å². The molecule has 0 aliphatic heterocycles. The molecule has 0 aliphatic rings. The fourth-order valence-electron chi connectivity index (χ4n) is 2.16. The zero-order valence-electron chi connectivity index (χ0n) is 10.9. The first-order valence-corrected chi connectivity index (χ1v) is 7.06.